The number of nitrogens with one attached hydrogen (secondary N) is 2. The minimum Gasteiger partial charge on any atom is -0.458 e. The van der Waals surface area contributed by atoms with Crippen molar-refractivity contribution >= 4 is 18.0 Å². The van der Waals surface area contributed by atoms with Crippen molar-refractivity contribution in [1.82, 2.24) is 15.6 Å². The molecule has 0 saturated carbocycles. The van der Waals surface area contributed by atoms with E-state index in [4.69, 9.17) is 9.47 Å². The van der Waals surface area contributed by atoms with Gasteiger partial charge in [-0.1, -0.05) is 50.2 Å². The molecule has 0 fully saturated rings. The summed E-state index contributed by atoms with van der Waals surface area (Å²) in [4.78, 5) is 42.7. The molecule has 8 heteroatoms. The standard InChI is InChI=1S/C27H37N3O5/c1-19(2)17-22(30-26(33)34-16-14-21-13-9-10-15-28-21)24(31)29-23(25(32)35-27(3,4)5)18-20-11-7-6-8-12-20/h6-13,15,19,22-23H,14,16-18H2,1-5H3,(H,29,31)(H,30,33)/t22-,23-/m1/s1. The van der Waals surface area contributed by atoms with Crippen LogP contribution in [0, 0.1) is 5.92 Å². The van der Waals surface area contributed by atoms with E-state index in [2.05, 4.69) is 15.6 Å². The van der Waals surface area contributed by atoms with Crippen molar-refractivity contribution in [3.63, 3.8) is 0 Å². The first-order chi connectivity index (χ1) is 16.5. The number of hydrogen-bond acceptors (Lipinski definition) is 6. The average molecular weight is 484 g/mol. The van der Waals surface area contributed by atoms with Crippen LogP contribution in [0.15, 0.2) is 54.7 Å². The Morgan fingerprint density at radius 1 is 0.943 bits per heavy atom. The van der Waals surface area contributed by atoms with Crippen LogP contribution in [-0.2, 0) is 31.9 Å². The van der Waals surface area contributed by atoms with Gasteiger partial charge in [0.15, 0.2) is 0 Å². The number of carbonyl (C=O) groups is 3. The molecule has 0 aliphatic carbocycles. The largest absolute Gasteiger partial charge is 0.458 e. The van der Waals surface area contributed by atoms with Crippen LogP contribution in [0.3, 0.4) is 0 Å². The number of ether oxygens (including phenoxy) is 2. The summed E-state index contributed by atoms with van der Waals surface area (Å²) in [6.45, 7) is 9.35. The Labute approximate surface area is 207 Å². The van der Waals surface area contributed by atoms with Gasteiger partial charge in [-0.3, -0.25) is 9.78 Å². The maximum atomic E-state index is 13.2. The molecule has 2 amide bonds. The predicted octanol–water partition coefficient (Wildman–Crippen LogP) is 3.83. The summed E-state index contributed by atoms with van der Waals surface area (Å²) in [7, 11) is 0. The van der Waals surface area contributed by atoms with E-state index in [9.17, 15) is 14.4 Å². The van der Waals surface area contributed by atoms with E-state index in [0.717, 1.165) is 11.3 Å². The molecule has 2 N–H and O–H groups in total. The van der Waals surface area contributed by atoms with Crippen LogP contribution in [0.2, 0.25) is 0 Å². The Bertz CT molecular complexity index is 942. The molecule has 0 aliphatic heterocycles. The topological polar surface area (TPSA) is 107 Å². The van der Waals surface area contributed by atoms with Gasteiger partial charge < -0.3 is 20.1 Å². The van der Waals surface area contributed by atoms with Gasteiger partial charge in [0.25, 0.3) is 0 Å². The first kappa shape index (κ1) is 27.8. The number of benzene rings is 1. The zero-order valence-electron chi connectivity index (χ0n) is 21.2. The van der Waals surface area contributed by atoms with Crippen LogP contribution in [0.1, 0.15) is 52.3 Å². The summed E-state index contributed by atoms with van der Waals surface area (Å²) < 4.78 is 10.8. The first-order valence-electron chi connectivity index (χ1n) is 11.9. The molecule has 0 bridgehead atoms. The molecule has 0 spiro atoms. The van der Waals surface area contributed by atoms with E-state index in [-0.39, 0.29) is 18.9 Å². The number of rotatable bonds is 11. The van der Waals surface area contributed by atoms with E-state index >= 15 is 0 Å². The highest BCUT2D eigenvalue weighted by Crippen LogP contribution is 2.13. The Hall–Kier alpha value is -3.42. The van der Waals surface area contributed by atoms with Gasteiger partial charge in [0, 0.05) is 24.7 Å². The van der Waals surface area contributed by atoms with E-state index in [0.29, 0.717) is 12.8 Å². The number of esters is 1. The Morgan fingerprint density at radius 2 is 1.63 bits per heavy atom. The number of aromatic nitrogens is 1. The molecule has 2 aromatic rings. The Kier molecular flexibility index (Phi) is 10.7. The summed E-state index contributed by atoms with van der Waals surface area (Å²) >= 11 is 0. The molecule has 0 unspecified atom stereocenters. The van der Waals surface area contributed by atoms with E-state index in [1.165, 1.54) is 0 Å². The molecule has 0 saturated heterocycles. The highest BCUT2D eigenvalue weighted by molar-refractivity contribution is 5.89. The second kappa shape index (κ2) is 13.5. The van der Waals surface area contributed by atoms with Crippen LogP contribution in [0.4, 0.5) is 4.79 Å². The third-order valence-corrected chi connectivity index (χ3v) is 4.92. The molecule has 0 radical (unpaired) electrons. The van der Waals surface area contributed by atoms with Crippen LogP contribution >= 0.6 is 0 Å². The van der Waals surface area contributed by atoms with Crippen LogP contribution < -0.4 is 10.6 Å². The third kappa shape index (κ3) is 11.0. The molecule has 1 aromatic heterocycles. The second-order valence-corrected chi connectivity index (χ2v) is 9.82. The fourth-order valence-corrected chi connectivity index (χ4v) is 3.37. The van der Waals surface area contributed by atoms with Crippen molar-refractivity contribution in [2.24, 2.45) is 5.92 Å². The molecule has 35 heavy (non-hydrogen) atoms. The summed E-state index contributed by atoms with van der Waals surface area (Å²) in [5, 5.41) is 5.43. The number of pyridine rings is 1. The highest BCUT2D eigenvalue weighted by atomic mass is 16.6. The van der Waals surface area contributed by atoms with Crippen LogP contribution in [0.5, 0.6) is 0 Å². The predicted molar refractivity (Wildman–Crippen MR) is 134 cm³/mol. The van der Waals surface area contributed by atoms with Crippen molar-refractivity contribution < 1.29 is 23.9 Å². The van der Waals surface area contributed by atoms with Gasteiger partial charge in [0.05, 0.1) is 6.61 Å². The van der Waals surface area contributed by atoms with Gasteiger partial charge in [0.1, 0.15) is 17.7 Å². The lowest BCUT2D eigenvalue weighted by Gasteiger charge is -2.27. The number of amides is 2. The summed E-state index contributed by atoms with van der Waals surface area (Å²) in [6.07, 6.45) is 2.10. The van der Waals surface area contributed by atoms with E-state index < -0.39 is 35.7 Å². The van der Waals surface area contributed by atoms with Crippen molar-refractivity contribution in [2.75, 3.05) is 6.61 Å². The lowest BCUT2D eigenvalue weighted by molar-refractivity contribution is -0.158. The molecule has 2 rings (SSSR count). The number of hydrogen-bond donors (Lipinski definition) is 2. The zero-order chi connectivity index (χ0) is 25.8. The van der Waals surface area contributed by atoms with Crippen molar-refractivity contribution in [2.45, 2.75) is 71.6 Å². The lowest BCUT2D eigenvalue weighted by atomic mass is 10.0. The van der Waals surface area contributed by atoms with E-state index in [1.54, 1.807) is 27.0 Å². The van der Waals surface area contributed by atoms with Crippen molar-refractivity contribution in [1.29, 1.82) is 0 Å². The molecule has 1 heterocycles. The van der Waals surface area contributed by atoms with Gasteiger partial charge in [-0.2, -0.15) is 0 Å². The number of nitrogens with zero attached hydrogens (tertiary/aromatic N) is 1. The molecule has 0 aliphatic rings. The molecular formula is C27H37N3O5. The number of alkyl carbamates (subject to hydrolysis) is 1. The van der Waals surface area contributed by atoms with Gasteiger partial charge >= 0.3 is 12.1 Å². The fraction of sp³-hybridized carbons (Fsp3) is 0.481. The normalized spacial score (nSPS) is 13.0. The highest BCUT2D eigenvalue weighted by Gasteiger charge is 2.30. The maximum absolute atomic E-state index is 13.2. The van der Waals surface area contributed by atoms with Gasteiger partial charge in [-0.15, -0.1) is 0 Å². The number of carbonyl (C=O) groups excluding carboxylic acids is 3. The average Bonchev–Trinajstić information content (AvgIpc) is 2.78. The zero-order valence-corrected chi connectivity index (χ0v) is 21.2. The Morgan fingerprint density at radius 3 is 2.23 bits per heavy atom. The summed E-state index contributed by atoms with van der Waals surface area (Å²) in [5.74, 6) is -0.878. The molecular weight excluding hydrogens is 446 g/mol. The maximum Gasteiger partial charge on any atom is 0.407 e. The summed E-state index contributed by atoms with van der Waals surface area (Å²) in [6, 6.07) is 13.1. The van der Waals surface area contributed by atoms with Crippen molar-refractivity contribution in [3.05, 3.63) is 66.0 Å². The van der Waals surface area contributed by atoms with Gasteiger partial charge in [0.2, 0.25) is 5.91 Å². The monoisotopic (exact) mass is 483 g/mol. The van der Waals surface area contributed by atoms with Crippen LogP contribution in [0.25, 0.3) is 0 Å². The minimum absolute atomic E-state index is 0.119. The molecule has 1 aromatic carbocycles. The molecule has 190 valence electrons. The van der Waals surface area contributed by atoms with Crippen LogP contribution in [-0.4, -0.2) is 47.2 Å². The Balaban J connectivity index is 2.04. The molecule has 2 atom stereocenters. The van der Waals surface area contributed by atoms with Gasteiger partial charge in [-0.25, -0.2) is 9.59 Å². The minimum atomic E-state index is -0.902. The second-order valence-electron chi connectivity index (χ2n) is 9.82. The van der Waals surface area contributed by atoms with Gasteiger partial charge in [-0.05, 0) is 50.8 Å². The SMILES string of the molecule is CC(C)C[C@@H](NC(=O)OCCc1ccccn1)C(=O)N[C@H](Cc1ccccc1)C(=O)OC(C)(C)C. The summed E-state index contributed by atoms with van der Waals surface area (Å²) in [5.41, 5.74) is 0.980. The fourth-order valence-electron chi connectivity index (χ4n) is 3.37. The smallest absolute Gasteiger partial charge is 0.407 e. The van der Waals surface area contributed by atoms with E-state index in [1.807, 2.05) is 62.4 Å². The lowest BCUT2D eigenvalue weighted by Crippen LogP contribution is -2.53. The molecule has 8 nitrogen and oxygen atoms in total. The first-order valence-corrected chi connectivity index (χ1v) is 11.9. The van der Waals surface area contributed by atoms with Crippen molar-refractivity contribution in [3.8, 4) is 0 Å². The third-order valence-electron chi connectivity index (χ3n) is 4.92. The quantitative estimate of drug-likeness (QED) is 0.471.